The van der Waals surface area contributed by atoms with Crippen molar-refractivity contribution in [1.29, 1.82) is 0 Å². The van der Waals surface area contributed by atoms with Gasteiger partial charge in [0.2, 0.25) is 0 Å². The molecule has 3 aromatic carbocycles. The molecule has 0 saturated heterocycles. The van der Waals surface area contributed by atoms with E-state index in [1.54, 1.807) is 7.11 Å². The van der Waals surface area contributed by atoms with E-state index in [2.05, 4.69) is 53.1 Å². The van der Waals surface area contributed by atoms with E-state index >= 15 is 0 Å². The summed E-state index contributed by atoms with van der Waals surface area (Å²) in [6, 6.07) is 25.6. The molecule has 2 fully saturated rings. The second-order valence-electron chi connectivity index (χ2n) is 10.1. The molecule has 0 aromatic heterocycles. The maximum Gasteiger partial charge on any atom is 0.251 e. The molecule has 34 heavy (non-hydrogen) atoms. The minimum atomic E-state index is 0.0150. The molecule has 5 atom stereocenters. The Morgan fingerprint density at radius 3 is 2.59 bits per heavy atom. The zero-order valence-electron chi connectivity index (χ0n) is 19.7. The lowest BCUT2D eigenvalue weighted by Gasteiger charge is -2.43. The number of carbonyl (C=O) groups is 1. The average Bonchev–Trinajstić information content (AvgIpc) is 3.52. The van der Waals surface area contributed by atoms with Crippen LogP contribution in [0.1, 0.15) is 58.3 Å². The molecular weight excluding hydrogens is 420 g/mol. The Kier molecular flexibility index (Phi) is 5.52. The van der Waals surface area contributed by atoms with Crippen LogP contribution in [0.2, 0.25) is 0 Å². The molecule has 4 heteroatoms. The van der Waals surface area contributed by atoms with Crippen molar-refractivity contribution in [1.82, 2.24) is 5.32 Å². The average molecular weight is 453 g/mol. The van der Waals surface area contributed by atoms with Gasteiger partial charge in [0.05, 0.1) is 13.2 Å². The third-order valence-electron chi connectivity index (χ3n) is 8.37. The van der Waals surface area contributed by atoms with E-state index in [0.717, 1.165) is 29.6 Å². The van der Waals surface area contributed by atoms with Gasteiger partial charge in [-0.1, -0.05) is 42.5 Å². The van der Waals surface area contributed by atoms with Gasteiger partial charge in [-0.05, 0) is 96.4 Å². The zero-order chi connectivity index (χ0) is 23.1. The normalized spacial score (nSPS) is 26.3. The third kappa shape index (κ3) is 3.75. The van der Waals surface area contributed by atoms with Gasteiger partial charge in [0.15, 0.2) is 0 Å². The summed E-state index contributed by atoms with van der Waals surface area (Å²) < 4.78 is 5.22. The third-order valence-corrected chi connectivity index (χ3v) is 8.37. The summed E-state index contributed by atoms with van der Waals surface area (Å²) in [5.74, 6) is 3.55. The van der Waals surface area contributed by atoms with E-state index in [1.807, 2.05) is 30.3 Å². The number of anilines is 1. The molecule has 1 heterocycles. The molecule has 174 valence electrons. The fourth-order valence-corrected chi connectivity index (χ4v) is 6.83. The lowest BCUT2D eigenvalue weighted by atomic mass is 9.68. The lowest BCUT2D eigenvalue weighted by molar-refractivity contribution is 0.0954. The first-order valence-corrected chi connectivity index (χ1v) is 12.6. The van der Waals surface area contributed by atoms with E-state index in [0.29, 0.717) is 24.4 Å². The van der Waals surface area contributed by atoms with Crippen LogP contribution in [0.3, 0.4) is 0 Å². The van der Waals surface area contributed by atoms with Gasteiger partial charge in [-0.15, -0.1) is 0 Å². The highest BCUT2D eigenvalue weighted by Crippen LogP contribution is 2.63. The Balaban J connectivity index is 1.20. The molecule has 2 N–H and O–H groups in total. The number of hydrogen-bond acceptors (Lipinski definition) is 3. The Labute approximate surface area is 201 Å². The molecule has 1 amide bonds. The number of benzene rings is 3. The Hall–Kier alpha value is -3.27. The van der Waals surface area contributed by atoms with Crippen LogP contribution in [-0.2, 0) is 6.42 Å². The number of amides is 1. The van der Waals surface area contributed by atoms with E-state index in [4.69, 9.17) is 4.74 Å². The van der Waals surface area contributed by atoms with Gasteiger partial charge < -0.3 is 15.4 Å². The number of ether oxygens (including phenoxy) is 1. The standard InChI is InChI=1S/C30H32N2O2/c1-34-24-12-7-19(8-13-24)15-16-31-30(33)23-11-14-26-25(18-23)27-21-9-10-22(17-21)28(27)29(32-26)20-5-3-2-4-6-20/h2-8,11-14,18,21-22,27-29,32H,9-10,15-17H2,1H3,(H,31,33)/t21-,22-,27-,28-,29-/m0/s1. The molecule has 0 spiro atoms. The number of rotatable bonds is 6. The summed E-state index contributed by atoms with van der Waals surface area (Å²) >= 11 is 0. The van der Waals surface area contributed by atoms with Crippen LogP contribution in [-0.4, -0.2) is 19.6 Å². The van der Waals surface area contributed by atoms with Gasteiger partial charge >= 0.3 is 0 Å². The minimum absolute atomic E-state index is 0.0150. The first-order valence-electron chi connectivity index (χ1n) is 12.6. The number of methoxy groups -OCH3 is 1. The van der Waals surface area contributed by atoms with Gasteiger partial charge in [-0.2, -0.15) is 0 Å². The Bertz CT molecular complexity index is 1170. The van der Waals surface area contributed by atoms with E-state index in [1.165, 1.54) is 41.6 Å². The van der Waals surface area contributed by atoms with Gasteiger partial charge in [0.1, 0.15) is 5.75 Å². The highest BCUT2D eigenvalue weighted by Gasteiger charge is 2.53. The zero-order valence-corrected chi connectivity index (χ0v) is 19.7. The maximum atomic E-state index is 13.0. The topological polar surface area (TPSA) is 50.4 Å². The molecule has 3 aromatic rings. The van der Waals surface area contributed by atoms with Crippen molar-refractivity contribution in [2.75, 3.05) is 19.0 Å². The Morgan fingerprint density at radius 1 is 1.00 bits per heavy atom. The minimum Gasteiger partial charge on any atom is -0.497 e. The van der Waals surface area contributed by atoms with Gasteiger partial charge in [0, 0.05) is 17.8 Å². The quantitative estimate of drug-likeness (QED) is 0.485. The van der Waals surface area contributed by atoms with Crippen molar-refractivity contribution in [2.45, 2.75) is 37.6 Å². The number of hydrogen-bond donors (Lipinski definition) is 2. The second kappa shape index (κ2) is 8.83. The first-order chi connectivity index (χ1) is 16.7. The fraction of sp³-hybridized carbons (Fsp3) is 0.367. The molecule has 0 radical (unpaired) electrons. The molecule has 6 rings (SSSR count). The summed E-state index contributed by atoms with van der Waals surface area (Å²) in [5, 5.41) is 6.99. The predicted octanol–water partition coefficient (Wildman–Crippen LogP) is 5.96. The van der Waals surface area contributed by atoms with Crippen molar-refractivity contribution in [3.05, 3.63) is 95.1 Å². The molecule has 2 bridgehead atoms. The summed E-state index contributed by atoms with van der Waals surface area (Å²) in [6.07, 6.45) is 4.80. The number of fused-ring (bicyclic) bond motifs is 7. The largest absolute Gasteiger partial charge is 0.497 e. The molecule has 2 aliphatic carbocycles. The molecular formula is C30H32N2O2. The van der Waals surface area contributed by atoms with Gasteiger partial charge in [0.25, 0.3) is 5.91 Å². The summed E-state index contributed by atoms with van der Waals surface area (Å²) in [7, 11) is 1.67. The van der Waals surface area contributed by atoms with Crippen molar-refractivity contribution >= 4 is 11.6 Å². The highest BCUT2D eigenvalue weighted by atomic mass is 16.5. The molecule has 4 nitrogen and oxygen atoms in total. The lowest BCUT2D eigenvalue weighted by Crippen LogP contribution is -2.35. The fourth-order valence-electron chi connectivity index (χ4n) is 6.83. The molecule has 1 aliphatic heterocycles. The van der Waals surface area contributed by atoms with Crippen molar-refractivity contribution in [3.63, 3.8) is 0 Å². The predicted molar refractivity (Wildman–Crippen MR) is 135 cm³/mol. The van der Waals surface area contributed by atoms with Crippen LogP contribution in [0.4, 0.5) is 5.69 Å². The summed E-state index contributed by atoms with van der Waals surface area (Å²) in [4.78, 5) is 13.0. The Morgan fingerprint density at radius 2 is 1.79 bits per heavy atom. The van der Waals surface area contributed by atoms with Crippen molar-refractivity contribution in [3.8, 4) is 5.75 Å². The van der Waals surface area contributed by atoms with E-state index in [9.17, 15) is 4.79 Å². The maximum absolute atomic E-state index is 13.0. The van der Waals surface area contributed by atoms with Crippen molar-refractivity contribution < 1.29 is 9.53 Å². The highest BCUT2D eigenvalue weighted by molar-refractivity contribution is 5.95. The van der Waals surface area contributed by atoms with Crippen LogP contribution < -0.4 is 15.4 Å². The number of carbonyl (C=O) groups excluding carboxylic acids is 1. The molecule has 3 aliphatic rings. The summed E-state index contributed by atoms with van der Waals surface area (Å²) in [6.45, 7) is 0.618. The van der Waals surface area contributed by atoms with Crippen LogP contribution in [0.25, 0.3) is 0 Å². The molecule has 2 saturated carbocycles. The van der Waals surface area contributed by atoms with Gasteiger partial charge in [-0.25, -0.2) is 0 Å². The number of nitrogens with one attached hydrogen (secondary N) is 2. The van der Waals surface area contributed by atoms with Crippen LogP contribution in [0.5, 0.6) is 5.75 Å². The van der Waals surface area contributed by atoms with Crippen molar-refractivity contribution in [2.24, 2.45) is 17.8 Å². The van der Waals surface area contributed by atoms with Crippen LogP contribution in [0.15, 0.2) is 72.8 Å². The summed E-state index contributed by atoms with van der Waals surface area (Å²) in [5.41, 5.74) is 5.91. The smallest absolute Gasteiger partial charge is 0.251 e. The SMILES string of the molecule is COc1ccc(CCNC(=O)c2ccc3c(c2)[C@@H]2[C@H]4CC[C@@H](C4)[C@@H]2[C@H](c2ccccc2)N3)cc1. The van der Waals surface area contributed by atoms with Crippen LogP contribution >= 0.6 is 0 Å². The first kappa shape index (κ1) is 21.3. The molecule has 0 unspecified atom stereocenters. The van der Waals surface area contributed by atoms with E-state index in [-0.39, 0.29) is 5.91 Å². The van der Waals surface area contributed by atoms with Crippen LogP contribution in [0, 0.1) is 17.8 Å². The van der Waals surface area contributed by atoms with Gasteiger partial charge in [-0.3, -0.25) is 4.79 Å². The second-order valence-corrected chi connectivity index (χ2v) is 10.1. The monoisotopic (exact) mass is 452 g/mol. The van der Waals surface area contributed by atoms with E-state index < -0.39 is 0 Å².